The lowest BCUT2D eigenvalue weighted by Crippen LogP contribution is -2.35. The van der Waals surface area contributed by atoms with E-state index in [-0.39, 0.29) is 24.4 Å². The van der Waals surface area contributed by atoms with Crippen molar-refractivity contribution in [1.82, 2.24) is 14.9 Å². The number of anilines is 1. The van der Waals surface area contributed by atoms with E-state index in [1.807, 2.05) is 0 Å². The van der Waals surface area contributed by atoms with Crippen molar-refractivity contribution in [1.29, 1.82) is 0 Å². The fraction of sp³-hybridized carbons (Fsp3) is 0.409. The summed E-state index contributed by atoms with van der Waals surface area (Å²) in [5, 5.41) is 4.71. The van der Waals surface area contributed by atoms with Crippen LogP contribution in [0.3, 0.4) is 0 Å². The number of nitrogens with zero attached hydrogens (tertiary/aromatic N) is 2. The fourth-order valence-electron chi connectivity index (χ4n) is 3.45. The molecule has 3 rings (SSSR count). The molecule has 0 atom stereocenters. The van der Waals surface area contributed by atoms with Crippen molar-refractivity contribution >= 4 is 33.1 Å². The molecule has 0 aliphatic carbocycles. The summed E-state index contributed by atoms with van der Waals surface area (Å²) >= 11 is 1.31. The number of carbonyl (C=O) groups is 1. The number of aromatic nitrogens is 2. The normalized spacial score (nSPS) is 11.0. The highest BCUT2D eigenvalue weighted by atomic mass is 32.1. The van der Waals surface area contributed by atoms with Gasteiger partial charge in [-0.2, -0.15) is 0 Å². The van der Waals surface area contributed by atoms with Gasteiger partial charge in [-0.25, -0.2) is 4.79 Å². The minimum atomic E-state index is -0.429. The van der Waals surface area contributed by atoms with Crippen LogP contribution in [0.2, 0.25) is 0 Å². The van der Waals surface area contributed by atoms with Crippen LogP contribution in [-0.4, -0.2) is 35.1 Å². The van der Waals surface area contributed by atoms with Gasteiger partial charge in [-0.1, -0.05) is 12.1 Å². The molecule has 2 N–H and O–H groups in total. The smallest absolute Gasteiger partial charge is 0.328 e. The molecule has 0 radical (unpaired) electrons. The van der Waals surface area contributed by atoms with Gasteiger partial charge in [-0.15, -0.1) is 11.3 Å². The maximum Gasteiger partial charge on any atom is 0.328 e. The molecule has 2 aromatic heterocycles. The molecule has 30 heavy (non-hydrogen) atoms. The Kier molecular flexibility index (Phi) is 7.46. The van der Waals surface area contributed by atoms with Gasteiger partial charge in [0.25, 0.3) is 5.56 Å². The van der Waals surface area contributed by atoms with Crippen LogP contribution in [0.15, 0.2) is 45.3 Å². The van der Waals surface area contributed by atoms with Gasteiger partial charge in [0, 0.05) is 38.3 Å². The van der Waals surface area contributed by atoms with Crippen LogP contribution in [0.1, 0.15) is 31.7 Å². The molecule has 0 unspecified atom stereocenters. The Labute approximate surface area is 179 Å². The number of aromatic amines is 1. The minimum absolute atomic E-state index is 0.0599. The van der Waals surface area contributed by atoms with Crippen molar-refractivity contribution in [3.63, 3.8) is 0 Å². The third-order valence-electron chi connectivity index (χ3n) is 5.05. The van der Waals surface area contributed by atoms with Crippen LogP contribution in [0.25, 0.3) is 10.2 Å². The van der Waals surface area contributed by atoms with Crippen molar-refractivity contribution in [2.24, 2.45) is 0 Å². The van der Waals surface area contributed by atoms with Crippen LogP contribution < -0.4 is 21.5 Å². The van der Waals surface area contributed by atoms with Crippen LogP contribution >= 0.6 is 11.3 Å². The van der Waals surface area contributed by atoms with Gasteiger partial charge in [-0.05, 0) is 55.8 Å². The number of benzene rings is 1. The second kappa shape index (κ2) is 10.2. The van der Waals surface area contributed by atoms with Crippen molar-refractivity contribution in [2.45, 2.75) is 39.7 Å². The summed E-state index contributed by atoms with van der Waals surface area (Å²) in [6.45, 7) is 6.81. The summed E-state index contributed by atoms with van der Waals surface area (Å²) < 4.78 is 1.71. The predicted molar refractivity (Wildman–Crippen MR) is 123 cm³/mol. The Morgan fingerprint density at radius 2 is 2.07 bits per heavy atom. The first-order valence-electron chi connectivity index (χ1n) is 10.3. The van der Waals surface area contributed by atoms with E-state index in [1.54, 1.807) is 11.4 Å². The van der Waals surface area contributed by atoms with Crippen molar-refractivity contribution in [3.05, 3.63) is 62.1 Å². The number of nitrogens with one attached hydrogen (secondary N) is 2. The van der Waals surface area contributed by atoms with E-state index in [0.29, 0.717) is 23.2 Å². The second-order valence-electron chi connectivity index (χ2n) is 7.28. The third kappa shape index (κ3) is 5.38. The largest absolute Gasteiger partial charge is 0.372 e. The maximum atomic E-state index is 12.4. The number of hydrogen-bond donors (Lipinski definition) is 2. The molecule has 0 saturated heterocycles. The first-order chi connectivity index (χ1) is 14.5. The number of hydrogen-bond acceptors (Lipinski definition) is 5. The second-order valence-corrected chi connectivity index (χ2v) is 8.19. The molecule has 0 fully saturated rings. The lowest BCUT2D eigenvalue weighted by Gasteiger charge is -2.23. The summed E-state index contributed by atoms with van der Waals surface area (Å²) in [6.07, 6.45) is 1.57. The zero-order chi connectivity index (χ0) is 21.5. The molecule has 1 aromatic carbocycles. The van der Waals surface area contributed by atoms with Crippen LogP contribution in [0, 0.1) is 6.92 Å². The van der Waals surface area contributed by atoms with Gasteiger partial charge in [-0.3, -0.25) is 14.2 Å². The van der Waals surface area contributed by atoms with Crippen molar-refractivity contribution < 1.29 is 4.79 Å². The zero-order valence-corrected chi connectivity index (χ0v) is 18.3. The Hall–Kier alpha value is -2.87. The molecule has 0 aliphatic rings. The lowest BCUT2D eigenvalue weighted by atomic mass is 10.2. The van der Waals surface area contributed by atoms with Crippen LogP contribution in [0.4, 0.5) is 5.69 Å². The number of H-pyrrole nitrogens is 1. The minimum Gasteiger partial charge on any atom is -0.372 e. The van der Waals surface area contributed by atoms with E-state index in [2.05, 4.69) is 53.3 Å². The van der Waals surface area contributed by atoms with Gasteiger partial charge < -0.3 is 15.2 Å². The number of thiophene rings is 1. The predicted octanol–water partition coefficient (Wildman–Crippen LogP) is 2.87. The highest BCUT2D eigenvalue weighted by molar-refractivity contribution is 7.17. The SMILES string of the molecule is CCN(CCCNC(=O)CCCn1c(=O)[nH]c2ccsc2c1=O)c1cccc(C)c1. The monoisotopic (exact) mass is 428 g/mol. The number of aryl methyl sites for hydroxylation is 1. The average Bonchev–Trinajstić information content (AvgIpc) is 3.19. The summed E-state index contributed by atoms with van der Waals surface area (Å²) in [7, 11) is 0. The molecule has 7 nitrogen and oxygen atoms in total. The number of carbonyl (C=O) groups excluding carboxylic acids is 1. The molecule has 1 amide bonds. The van der Waals surface area contributed by atoms with E-state index in [0.717, 1.165) is 19.5 Å². The first-order valence-corrected chi connectivity index (χ1v) is 11.2. The Balaban J connectivity index is 1.41. The molecule has 2 heterocycles. The van der Waals surface area contributed by atoms with Crippen molar-refractivity contribution in [2.75, 3.05) is 24.5 Å². The standard InChI is InChI=1S/C22H28N4O3S/c1-3-25(17-8-4-7-16(2)15-17)12-6-11-23-19(27)9-5-13-26-21(28)20-18(10-14-30-20)24-22(26)29/h4,7-8,10,14-15H,3,5-6,9,11-13H2,1-2H3,(H,23,27)(H,24,29). The fourth-order valence-corrected chi connectivity index (χ4v) is 4.25. The van der Waals surface area contributed by atoms with Gasteiger partial charge >= 0.3 is 5.69 Å². The van der Waals surface area contributed by atoms with Crippen molar-refractivity contribution in [3.8, 4) is 0 Å². The molecule has 0 aliphatic heterocycles. The van der Waals surface area contributed by atoms with Crippen LogP contribution in [-0.2, 0) is 11.3 Å². The number of fused-ring (bicyclic) bond motifs is 1. The van der Waals surface area contributed by atoms with E-state index < -0.39 is 5.69 Å². The lowest BCUT2D eigenvalue weighted by molar-refractivity contribution is -0.121. The van der Waals surface area contributed by atoms with Gasteiger partial charge in [0.2, 0.25) is 5.91 Å². The quantitative estimate of drug-likeness (QED) is 0.486. The summed E-state index contributed by atoms with van der Waals surface area (Å²) in [6, 6.07) is 10.1. The van der Waals surface area contributed by atoms with Gasteiger partial charge in [0.15, 0.2) is 0 Å². The molecule has 0 spiro atoms. The van der Waals surface area contributed by atoms with E-state index in [1.165, 1.54) is 27.2 Å². The van der Waals surface area contributed by atoms with E-state index >= 15 is 0 Å². The highest BCUT2D eigenvalue weighted by Crippen LogP contribution is 2.15. The molecule has 0 bridgehead atoms. The molecular weight excluding hydrogens is 400 g/mol. The topological polar surface area (TPSA) is 87.2 Å². The van der Waals surface area contributed by atoms with E-state index in [9.17, 15) is 14.4 Å². The van der Waals surface area contributed by atoms with Gasteiger partial charge in [0.1, 0.15) is 4.70 Å². The third-order valence-corrected chi connectivity index (χ3v) is 5.95. The average molecular weight is 429 g/mol. The first kappa shape index (κ1) is 21.8. The Bertz CT molecular complexity index is 1120. The summed E-state index contributed by atoms with van der Waals surface area (Å²) in [5.74, 6) is -0.0599. The molecule has 160 valence electrons. The summed E-state index contributed by atoms with van der Waals surface area (Å²) in [5.41, 5.74) is 2.27. The molecular formula is C22H28N4O3S. The zero-order valence-electron chi connectivity index (χ0n) is 17.4. The Morgan fingerprint density at radius 1 is 1.23 bits per heavy atom. The van der Waals surface area contributed by atoms with E-state index in [4.69, 9.17) is 0 Å². The number of rotatable bonds is 10. The molecule has 3 aromatic rings. The van der Waals surface area contributed by atoms with Gasteiger partial charge in [0.05, 0.1) is 5.52 Å². The summed E-state index contributed by atoms with van der Waals surface area (Å²) in [4.78, 5) is 41.6. The Morgan fingerprint density at radius 3 is 2.83 bits per heavy atom. The highest BCUT2D eigenvalue weighted by Gasteiger charge is 2.10. The molecule has 8 heteroatoms. The molecule has 0 saturated carbocycles. The number of amides is 1. The maximum absolute atomic E-state index is 12.4. The van der Waals surface area contributed by atoms with Crippen LogP contribution in [0.5, 0.6) is 0 Å².